The normalized spacial score (nSPS) is 10.3. The Morgan fingerprint density at radius 1 is 1.19 bits per heavy atom. The van der Waals surface area contributed by atoms with E-state index in [1.807, 2.05) is 12.1 Å². The molecule has 0 N–H and O–H groups in total. The fourth-order valence-corrected chi connectivity index (χ4v) is 2.78. The molecular formula is C15H17NO4S. The zero-order valence-corrected chi connectivity index (χ0v) is 13.2. The number of esters is 1. The second-order valence-electron chi connectivity index (χ2n) is 4.26. The summed E-state index contributed by atoms with van der Waals surface area (Å²) in [7, 11) is 3.19. The Morgan fingerprint density at radius 2 is 1.81 bits per heavy atom. The zero-order valence-electron chi connectivity index (χ0n) is 12.4. The van der Waals surface area contributed by atoms with Crippen molar-refractivity contribution in [1.29, 1.82) is 0 Å². The largest absolute Gasteiger partial charge is 0.497 e. The summed E-state index contributed by atoms with van der Waals surface area (Å²) in [5.41, 5.74) is 1.50. The number of aryl methyl sites for hydroxylation is 1. The Balaban J connectivity index is 2.43. The van der Waals surface area contributed by atoms with Crippen LogP contribution in [0.3, 0.4) is 0 Å². The lowest BCUT2D eigenvalue weighted by Crippen LogP contribution is -2.03. The number of hydrogen-bond donors (Lipinski definition) is 0. The van der Waals surface area contributed by atoms with Gasteiger partial charge in [-0.25, -0.2) is 9.78 Å². The van der Waals surface area contributed by atoms with E-state index in [1.54, 1.807) is 34.1 Å². The van der Waals surface area contributed by atoms with Crippen molar-refractivity contribution in [3.8, 4) is 22.1 Å². The minimum absolute atomic E-state index is 0.339. The van der Waals surface area contributed by atoms with Crippen molar-refractivity contribution in [2.45, 2.75) is 13.8 Å². The molecule has 0 atom stereocenters. The highest BCUT2D eigenvalue weighted by molar-refractivity contribution is 7.17. The lowest BCUT2D eigenvalue weighted by Gasteiger charge is -2.06. The van der Waals surface area contributed by atoms with Crippen LogP contribution in [0.2, 0.25) is 0 Å². The quantitative estimate of drug-likeness (QED) is 0.793. The molecule has 0 bridgehead atoms. The van der Waals surface area contributed by atoms with Crippen LogP contribution in [0.1, 0.15) is 22.3 Å². The Kier molecular flexibility index (Phi) is 4.80. The SMILES string of the molecule is CCOC(=O)c1sc(-c2cc(OC)cc(OC)c2)nc1C. The van der Waals surface area contributed by atoms with Crippen molar-refractivity contribution in [3.05, 3.63) is 28.8 Å². The van der Waals surface area contributed by atoms with E-state index < -0.39 is 0 Å². The van der Waals surface area contributed by atoms with E-state index in [2.05, 4.69) is 4.98 Å². The van der Waals surface area contributed by atoms with Crippen LogP contribution < -0.4 is 9.47 Å². The molecule has 0 aliphatic heterocycles. The van der Waals surface area contributed by atoms with Gasteiger partial charge in [-0.15, -0.1) is 11.3 Å². The highest BCUT2D eigenvalue weighted by Gasteiger charge is 2.18. The first-order chi connectivity index (χ1) is 10.1. The number of carbonyl (C=O) groups excluding carboxylic acids is 1. The predicted octanol–water partition coefficient (Wildman–Crippen LogP) is 3.31. The summed E-state index contributed by atoms with van der Waals surface area (Å²) in [5.74, 6) is 1.01. The maximum Gasteiger partial charge on any atom is 0.350 e. The molecule has 0 fully saturated rings. The third-order valence-corrected chi connectivity index (χ3v) is 4.04. The van der Waals surface area contributed by atoms with Gasteiger partial charge in [0.05, 0.1) is 26.5 Å². The molecule has 2 rings (SSSR count). The second kappa shape index (κ2) is 6.58. The Morgan fingerprint density at radius 3 is 2.33 bits per heavy atom. The number of carbonyl (C=O) groups is 1. The number of methoxy groups -OCH3 is 2. The van der Waals surface area contributed by atoms with E-state index in [9.17, 15) is 4.79 Å². The summed E-state index contributed by atoms with van der Waals surface area (Å²) in [4.78, 5) is 16.8. The van der Waals surface area contributed by atoms with Gasteiger partial charge in [0, 0.05) is 11.6 Å². The van der Waals surface area contributed by atoms with Gasteiger partial charge in [-0.3, -0.25) is 0 Å². The highest BCUT2D eigenvalue weighted by Crippen LogP contribution is 2.33. The standard InChI is InChI=1S/C15H17NO4S/c1-5-20-15(17)13-9(2)16-14(21-13)10-6-11(18-3)8-12(7-10)19-4/h6-8H,5H2,1-4H3. The van der Waals surface area contributed by atoms with Crippen molar-refractivity contribution >= 4 is 17.3 Å². The molecule has 0 unspecified atom stereocenters. The summed E-state index contributed by atoms with van der Waals surface area (Å²) < 4.78 is 15.5. The van der Waals surface area contributed by atoms with E-state index >= 15 is 0 Å². The van der Waals surface area contributed by atoms with Crippen LogP contribution in [0.25, 0.3) is 10.6 Å². The molecule has 0 spiro atoms. The van der Waals surface area contributed by atoms with E-state index in [0.717, 1.165) is 10.6 Å². The first-order valence-electron chi connectivity index (χ1n) is 6.47. The Labute approximate surface area is 127 Å². The number of aromatic nitrogens is 1. The topological polar surface area (TPSA) is 57.7 Å². The van der Waals surface area contributed by atoms with Gasteiger partial charge < -0.3 is 14.2 Å². The molecule has 0 radical (unpaired) electrons. The molecule has 0 amide bonds. The molecule has 2 aromatic rings. The molecule has 0 saturated carbocycles. The van der Waals surface area contributed by atoms with Gasteiger partial charge in [0.15, 0.2) is 0 Å². The number of rotatable bonds is 5. The molecule has 21 heavy (non-hydrogen) atoms. The number of nitrogens with zero attached hydrogens (tertiary/aromatic N) is 1. The van der Waals surface area contributed by atoms with E-state index in [1.165, 1.54) is 11.3 Å². The number of thiazole rings is 1. The van der Waals surface area contributed by atoms with E-state index in [0.29, 0.717) is 28.7 Å². The molecule has 0 aliphatic rings. The number of hydrogen-bond acceptors (Lipinski definition) is 6. The maximum absolute atomic E-state index is 11.9. The van der Waals surface area contributed by atoms with E-state index in [4.69, 9.17) is 14.2 Å². The molecule has 0 saturated heterocycles. The lowest BCUT2D eigenvalue weighted by molar-refractivity contribution is 0.0531. The van der Waals surface area contributed by atoms with Crippen LogP contribution in [0.5, 0.6) is 11.5 Å². The Bertz CT molecular complexity index is 629. The number of ether oxygens (including phenoxy) is 3. The summed E-state index contributed by atoms with van der Waals surface area (Å²) in [5, 5.41) is 0.729. The minimum Gasteiger partial charge on any atom is -0.497 e. The van der Waals surface area contributed by atoms with Crippen molar-refractivity contribution < 1.29 is 19.0 Å². The zero-order chi connectivity index (χ0) is 15.4. The van der Waals surface area contributed by atoms with Crippen LogP contribution in [0.4, 0.5) is 0 Å². The fraction of sp³-hybridized carbons (Fsp3) is 0.333. The van der Waals surface area contributed by atoms with Gasteiger partial charge in [0.25, 0.3) is 0 Å². The average Bonchev–Trinajstić information content (AvgIpc) is 2.89. The lowest BCUT2D eigenvalue weighted by atomic mass is 10.2. The first-order valence-corrected chi connectivity index (χ1v) is 7.28. The van der Waals surface area contributed by atoms with Crippen LogP contribution >= 0.6 is 11.3 Å². The second-order valence-corrected chi connectivity index (χ2v) is 5.25. The molecule has 112 valence electrons. The minimum atomic E-state index is -0.339. The average molecular weight is 307 g/mol. The predicted molar refractivity (Wildman–Crippen MR) is 81.3 cm³/mol. The van der Waals surface area contributed by atoms with Crippen LogP contribution in [-0.2, 0) is 4.74 Å². The van der Waals surface area contributed by atoms with Crippen LogP contribution in [0.15, 0.2) is 18.2 Å². The molecule has 0 aliphatic carbocycles. The monoisotopic (exact) mass is 307 g/mol. The van der Waals surface area contributed by atoms with Gasteiger partial charge in [0.1, 0.15) is 21.4 Å². The van der Waals surface area contributed by atoms with Crippen molar-refractivity contribution in [2.24, 2.45) is 0 Å². The third kappa shape index (κ3) is 3.33. The van der Waals surface area contributed by atoms with Gasteiger partial charge in [0.2, 0.25) is 0 Å². The van der Waals surface area contributed by atoms with Crippen molar-refractivity contribution in [2.75, 3.05) is 20.8 Å². The smallest absolute Gasteiger partial charge is 0.350 e. The molecular weight excluding hydrogens is 290 g/mol. The summed E-state index contributed by atoms with van der Waals surface area (Å²) >= 11 is 1.30. The fourth-order valence-electron chi connectivity index (χ4n) is 1.84. The first kappa shape index (κ1) is 15.3. The van der Waals surface area contributed by atoms with Gasteiger partial charge >= 0.3 is 5.97 Å². The Hall–Kier alpha value is -2.08. The molecule has 1 aromatic carbocycles. The van der Waals surface area contributed by atoms with Crippen molar-refractivity contribution in [1.82, 2.24) is 4.98 Å². The third-order valence-electron chi connectivity index (χ3n) is 2.86. The molecule has 1 heterocycles. The van der Waals surface area contributed by atoms with Crippen molar-refractivity contribution in [3.63, 3.8) is 0 Å². The van der Waals surface area contributed by atoms with Gasteiger partial charge in [-0.1, -0.05) is 0 Å². The maximum atomic E-state index is 11.9. The van der Waals surface area contributed by atoms with Crippen LogP contribution in [-0.4, -0.2) is 31.8 Å². The van der Waals surface area contributed by atoms with Gasteiger partial charge in [-0.2, -0.15) is 0 Å². The van der Waals surface area contributed by atoms with E-state index in [-0.39, 0.29) is 5.97 Å². The molecule has 5 nitrogen and oxygen atoms in total. The summed E-state index contributed by atoms with van der Waals surface area (Å²) in [6.07, 6.45) is 0. The van der Waals surface area contributed by atoms with Crippen LogP contribution in [0, 0.1) is 6.92 Å². The highest BCUT2D eigenvalue weighted by atomic mass is 32.1. The molecule has 6 heteroatoms. The number of benzene rings is 1. The summed E-state index contributed by atoms with van der Waals surface area (Å²) in [6.45, 7) is 3.92. The van der Waals surface area contributed by atoms with Gasteiger partial charge in [-0.05, 0) is 26.0 Å². The summed E-state index contributed by atoms with van der Waals surface area (Å²) in [6, 6.07) is 5.50. The molecule has 1 aromatic heterocycles.